The molecular formula is C22H28N4O2. The van der Waals surface area contributed by atoms with E-state index in [1.54, 1.807) is 14.2 Å². The van der Waals surface area contributed by atoms with E-state index in [0.717, 1.165) is 31.2 Å². The Hall–Kier alpha value is -3.02. The number of hydrogen-bond donors (Lipinski definition) is 2. The average Bonchev–Trinajstić information content (AvgIpc) is 3.24. The first-order valence-electron chi connectivity index (χ1n) is 9.64. The molecule has 0 radical (unpaired) electrons. The van der Waals surface area contributed by atoms with Crippen molar-refractivity contribution < 1.29 is 9.53 Å². The summed E-state index contributed by atoms with van der Waals surface area (Å²) >= 11 is 0. The van der Waals surface area contributed by atoms with Crippen LogP contribution in [-0.2, 0) is 0 Å². The smallest absolute Gasteiger partial charge is 0.251 e. The summed E-state index contributed by atoms with van der Waals surface area (Å²) in [6, 6.07) is 17.6. The number of methoxy groups -OCH3 is 1. The Morgan fingerprint density at radius 2 is 1.82 bits per heavy atom. The lowest BCUT2D eigenvalue weighted by Crippen LogP contribution is -2.43. The van der Waals surface area contributed by atoms with Gasteiger partial charge in [0.1, 0.15) is 5.75 Å². The molecule has 3 rings (SSSR count). The van der Waals surface area contributed by atoms with Gasteiger partial charge in [-0.05, 0) is 36.2 Å². The largest absolute Gasteiger partial charge is 0.497 e. The average molecular weight is 380 g/mol. The number of aliphatic imine (C=N–C) groups is 1. The van der Waals surface area contributed by atoms with Crippen LogP contribution >= 0.6 is 0 Å². The molecule has 6 heteroatoms. The van der Waals surface area contributed by atoms with Crippen LogP contribution in [0.2, 0.25) is 0 Å². The molecule has 1 heterocycles. The highest BCUT2D eigenvalue weighted by Gasteiger charge is 2.25. The number of carbonyl (C=O) groups is 1. The van der Waals surface area contributed by atoms with Crippen LogP contribution in [0.1, 0.15) is 28.3 Å². The molecule has 0 saturated carbocycles. The van der Waals surface area contributed by atoms with Crippen LogP contribution in [0.25, 0.3) is 0 Å². The van der Waals surface area contributed by atoms with E-state index in [1.807, 2.05) is 42.5 Å². The number of guanidine groups is 1. The van der Waals surface area contributed by atoms with Gasteiger partial charge < -0.3 is 20.3 Å². The van der Waals surface area contributed by atoms with Gasteiger partial charge >= 0.3 is 0 Å². The van der Waals surface area contributed by atoms with Crippen molar-refractivity contribution in [3.05, 3.63) is 65.7 Å². The third-order valence-corrected chi connectivity index (χ3v) is 5.02. The molecule has 0 aromatic heterocycles. The molecule has 1 fully saturated rings. The zero-order valence-corrected chi connectivity index (χ0v) is 16.5. The minimum atomic E-state index is -0.0573. The second-order valence-electron chi connectivity index (χ2n) is 6.80. The lowest BCUT2D eigenvalue weighted by molar-refractivity contribution is 0.0954. The van der Waals surface area contributed by atoms with Crippen molar-refractivity contribution in [1.29, 1.82) is 0 Å². The van der Waals surface area contributed by atoms with Crippen molar-refractivity contribution in [3.8, 4) is 5.75 Å². The van der Waals surface area contributed by atoms with E-state index in [-0.39, 0.29) is 5.91 Å². The minimum absolute atomic E-state index is 0.0573. The summed E-state index contributed by atoms with van der Waals surface area (Å²) in [6.07, 6.45) is 1.10. The van der Waals surface area contributed by atoms with Crippen molar-refractivity contribution >= 4 is 11.9 Å². The quantitative estimate of drug-likeness (QED) is 0.459. The number of carbonyl (C=O) groups excluding carboxylic acids is 1. The van der Waals surface area contributed by atoms with E-state index in [0.29, 0.717) is 24.6 Å². The molecule has 28 heavy (non-hydrogen) atoms. The summed E-state index contributed by atoms with van der Waals surface area (Å²) in [5, 5.41) is 6.28. The molecule has 1 saturated heterocycles. The van der Waals surface area contributed by atoms with Crippen molar-refractivity contribution in [2.75, 3.05) is 40.3 Å². The summed E-state index contributed by atoms with van der Waals surface area (Å²) in [7, 11) is 3.48. The standard InChI is InChI=1S/C22H28N4O2/c1-23-22(25-14-13-24-21(27)18-6-4-3-5-7-18)26-15-12-19(16-26)17-8-10-20(28-2)11-9-17/h3-11,19H,12-16H2,1-2H3,(H,23,25)(H,24,27). The van der Waals surface area contributed by atoms with Crippen LogP contribution in [0.3, 0.4) is 0 Å². The number of amides is 1. The lowest BCUT2D eigenvalue weighted by atomic mass is 9.98. The van der Waals surface area contributed by atoms with Crippen molar-refractivity contribution in [1.82, 2.24) is 15.5 Å². The maximum absolute atomic E-state index is 12.1. The summed E-state index contributed by atoms with van der Waals surface area (Å²) in [4.78, 5) is 18.7. The van der Waals surface area contributed by atoms with Crippen molar-refractivity contribution in [2.24, 2.45) is 4.99 Å². The molecule has 2 aromatic carbocycles. The van der Waals surface area contributed by atoms with Crippen LogP contribution < -0.4 is 15.4 Å². The fourth-order valence-electron chi connectivity index (χ4n) is 3.48. The first-order chi connectivity index (χ1) is 13.7. The third kappa shape index (κ3) is 5.03. The van der Waals surface area contributed by atoms with Gasteiger partial charge in [0.05, 0.1) is 7.11 Å². The Kier molecular flexibility index (Phi) is 6.89. The molecule has 0 spiro atoms. The first-order valence-corrected chi connectivity index (χ1v) is 9.64. The maximum atomic E-state index is 12.1. The van der Waals surface area contributed by atoms with E-state index in [2.05, 4.69) is 32.7 Å². The topological polar surface area (TPSA) is 66.0 Å². The SMILES string of the molecule is CN=C(NCCNC(=O)c1ccccc1)N1CCC(c2ccc(OC)cc2)C1. The minimum Gasteiger partial charge on any atom is -0.497 e. The summed E-state index contributed by atoms with van der Waals surface area (Å²) in [6.45, 7) is 3.08. The van der Waals surface area contributed by atoms with E-state index >= 15 is 0 Å². The highest BCUT2D eigenvalue weighted by atomic mass is 16.5. The fraction of sp³-hybridized carbons (Fsp3) is 0.364. The molecule has 2 N–H and O–H groups in total. The second kappa shape index (κ2) is 9.78. The number of hydrogen-bond acceptors (Lipinski definition) is 3. The summed E-state index contributed by atoms with van der Waals surface area (Å²) < 4.78 is 5.24. The Morgan fingerprint density at radius 3 is 2.50 bits per heavy atom. The van der Waals surface area contributed by atoms with Gasteiger partial charge in [-0.3, -0.25) is 9.79 Å². The van der Waals surface area contributed by atoms with Crippen LogP contribution in [0.5, 0.6) is 5.75 Å². The van der Waals surface area contributed by atoms with Gasteiger partial charge in [0.25, 0.3) is 5.91 Å². The second-order valence-corrected chi connectivity index (χ2v) is 6.80. The Bertz CT molecular complexity index is 790. The molecule has 148 valence electrons. The summed E-state index contributed by atoms with van der Waals surface area (Å²) in [5.74, 6) is 2.19. The van der Waals surface area contributed by atoms with Gasteiger partial charge in [0, 0.05) is 44.7 Å². The molecule has 0 bridgehead atoms. The monoisotopic (exact) mass is 380 g/mol. The number of nitrogens with zero attached hydrogens (tertiary/aromatic N) is 2. The molecule has 0 aliphatic carbocycles. The highest BCUT2D eigenvalue weighted by Crippen LogP contribution is 2.28. The maximum Gasteiger partial charge on any atom is 0.251 e. The molecule has 1 unspecified atom stereocenters. The summed E-state index contributed by atoms with van der Waals surface area (Å²) in [5.41, 5.74) is 2.00. The molecular weight excluding hydrogens is 352 g/mol. The molecule has 1 aliphatic rings. The van der Waals surface area contributed by atoms with Crippen LogP contribution in [0, 0.1) is 0 Å². The number of likely N-dealkylation sites (tertiary alicyclic amines) is 1. The molecule has 2 aromatic rings. The van der Waals surface area contributed by atoms with Crippen molar-refractivity contribution in [2.45, 2.75) is 12.3 Å². The molecule has 1 aliphatic heterocycles. The number of ether oxygens (including phenoxy) is 1. The molecule has 1 amide bonds. The number of nitrogens with one attached hydrogen (secondary N) is 2. The Labute approximate surface area is 166 Å². The first kappa shape index (κ1) is 19.7. The van der Waals surface area contributed by atoms with Crippen molar-refractivity contribution in [3.63, 3.8) is 0 Å². The molecule has 6 nitrogen and oxygen atoms in total. The number of rotatable bonds is 6. The number of benzene rings is 2. The highest BCUT2D eigenvalue weighted by molar-refractivity contribution is 5.94. The zero-order valence-electron chi connectivity index (χ0n) is 16.5. The van der Waals surface area contributed by atoms with Gasteiger partial charge in [-0.25, -0.2) is 0 Å². The van der Waals surface area contributed by atoms with E-state index in [1.165, 1.54) is 5.56 Å². The predicted molar refractivity (Wildman–Crippen MR) is 112 cm³/mol. The Balaban J connectivity index is 1.44. The van der Waals surface area contributed by atoms with Gasteiger partial charge in [-0.2, -0.15) is 0 Å². The van der Waals surface area contributed by atoms with Crippen LogP contribution in [0.4, 0.5) is 0 Å². The van der Waals surface area contributed by atoms with Crippen LogP contribution in [0.15, 0.2) is 59.6 Å². The van der Waals surface area contributed by atoms with Gasteiger partial charge in [-0.15, -0.1) is 0 Å². The third-order valence-electron chi connectivity index (χ3n) is 5.02. The van der Waals surface area contributed by atoms with E-state index < -0.39 is 0 Å². The van der Waals surface area contributed by atoms with Crippen LogP contribution in [-0.4, -0.2) is 57.1 Å². The Morgan fingerprint density at radius 1 is 1.11 bits per heavy atom. The van der Waals surface area contributed by atoms with Gasteiger partial charge in [0.15, 0.2) is 5.96 Å². The van der Waals surface area contributed by atoms with Gasteiger partial charge in [0.2, 0.25) is 0 Å². The van der Waals surface area contributed by atoms with E-state index in [9.17, 15) is 4.79 Å². The fourth-order valence-corrected chi connectivity index (χ4v) is 3.48. The lowest BCUT2D eigenvalue weighted by Gasteiger charge is -2.22. The zero-order chi connectivity index (χ0) is 19.8. The van der Waals surface area contributed by atoms with E-state index in [4.69, 9.17) is 4.74 Å². The predicted octanol–water partition coefficient (Wildman–Crippen LogP) is 2.49. The normalized spacial score (nSPS) is 16.7. The molecule has 1 atom stereocenters. The van der Waals surface area contributed by atoms with Gasteiger partial charge in [-0.1, -0.05) is 30.3 Å².